The molecule has 0 fully saturated rings. The summed E-state index contributed by atoms with van der Waals surface area (Å²) in [4.78, 5) is -0.569. The minimum absolute atomic E-state index is 0. The number of hydrogen-bond acceptors (Lipinski definition) is 9. The van der Waals surface area contributed by atoms with Gasteiger partial charge in [-0.1, -0.05) is 36.4 Å². The molecule has 18 heteroatoms. The van der Waals surface area contributed by atoms with E-state index in [-0.39, 0.29) is 103 Å². The molecule has 0 saturated heterocycles. The van der Waals surface area contributed by atoms with E-state index in [9.17, 15) is 38.9 Å². The molecule has 3 aromatic rings. The SMILES string of the molecule is O=S(=O)([O-])c1cccc(P)c1.O=S(=O)([O-])c1cccc(P)c1.O=S(=O)([O-])c1cccc(P)c1.[Na+].[Na+].[Na+]. The zero-order chi connectivity index (χ0) is 25.4. The van der Waals surface area contributed by atoms with E-state index < -0.39 is 30.4 Å². The average Bonchev–Trinajstić information content (AvgIpc) is 2.67. The van der Waals surface area contributed by atoms with Gasteiger partial charge in [-0.25, -0.2) is 25.3 Å². The van der Waals surface area contributed by atoms with Crippen molar-refractivity contribution in [2.45, 2.75) is 14.7 Å². The molecular formula is C18H18Na3O9P3S3. The molecule has 0 aliphatic rings. The first-order valence-electron chi connectivity index (χ1n) is 8.44. The van der Waals surface area contributed by atoms with Crippen LogP contribution in [0.25, 0.3) is 0 Å². The van der Waals surface area contributed by atoms with Gasteiger partial charge in [0, 0.05) is 0 Å². The second-order valence-corrected chi connectivity index (χ2v) is 12.2. The summed E-state index contributed by atoms with van der Waals surface area (Å²) in [6.07, 6.45) is 0. The van der Waals surface area contributed by atoms with E-state index in [2.05, 4.69) is 27.7 Å². The Kier molecular flexibility index (Phi) is 22.2. The number of hydrogen-bond donors (Lipinski definition) is 0. The Bertz CT molecular complexity index is 1260. The van der Waals surface area contributed by atoms with Gasteiger partial charge in [-0.15, -0.1) is 27.7 Å². The van der Waals surface area contributed by atoms with Crippen molar-refractivity contribution >= 4 is 74.0 Å². The van der Waals surface area contributed by atoms with E-state index in [4.69, 9.17) is 0 Å². The summed E-state index contributed by atoms with van der Waals surface area (Å²) < 4.78 is 93.8. The maximum absolute atomic E-state index is 10.4. The Labute approximate surface area is 285 Å². The number of benzene rings is 3. The molecule has 3 unspecified atom stereocenters. The average molecular weight is 636 g/mol. The summed E-state index contributed by atoms with van der Waals surface area (Å²) in [5, 5.41) is 2.05. The van der Waals surface area contributed by atoms with Crippen LogP contribution in [-0.4, -0.2) is 38.9 Å². The molecule has 0 aromatic heterocycles. The Hall–Kier alpha value is 1.68. The van der Waals surface area contributed by atoms with Crippen molar-refractivity contribution in [2.24, 2.45) is 0 Å². The van der Waals surface area contributed by atoms with Crippen molar-refractivity contribution in [3.05, 3.63) is 72.8 Å². The molecule has 0 heterocycles. The first kappa shape index (κ1) is 42.2. The van der Waals surface area contributed by atoms with Gasteiger partial charge in [0.2, 0.25) is 0 Å². The van der Waals surface area contributed by atoms with Crippen LogP contribution in [-0.2, 0) is 30.4 Å². The van der Waals surface area contributed by atoms with Crippen LogP contribution in [0.15, 0.2) is 87.5 Å². The second-order valence-electron chi connectivity index (χ2n) is 6.08. The van der Waals surface area contributed by atoms with Crippen molar-refractivity contribution in [1.29, 1.82) is 0 Å². The van der Waals surface area contributed by atoms with Crippen LogP contribution in [0.2, 0.25) is 0 Å². The van der Waals surface area contributed by atoms with Gasteiger partial charge in [-0.05, 0) is 52.3 Å². The third-order valence-corrected chi connectivity index (χ3v) is 7.01. The molecule has 9 nitrogen and oxygen atoms in total. The molecule has 0 saturated carbocycles. The van der Waals surface area contributed by atoms with Crippen molar-refractivity contribution in [1.82, 2.24) is 0 Å². The van der Waals surface area contributed by atoms with Gasteiger partial charge >= 0.3 is 88.7 Å². The summed E-state index contributed by atoms with van der Waals surface area (Å²) in [7, 11) is -5.91. The van der Waals surface area contributed by atoms with Crippen LogP contribution in [0.4, 0.5) is 0 Å². The Balaban J connectivity index is -0.000000436. The largest absolute Gasteiger partial charge is 1.00 e. The molecule has 0 radical (unpaired) electrons. The van der Waals surface area contributed by atoms with Crippen molar-refractivity contribution in [3.63, 3.8) is 0 Å². The fraction of sp³-hybridized carbons (Fsp3) is 0. The van der Waals surface area contributed by atoms with Gasteiger partial charge in [0.1, 0.15) is 30.4 Å². The van der Waals surface area contributed by atoms with Crippen LogP contribution in [0.5, 0.6) is 0 Å². The first-order chi connectivity index (χ1) is 15.0. The molecule has 0 bridgehead atoms. The summed E-state index contributed by atoms with van der Waals surface area (Å²) in [5.74, 6) is 0. The van der Waals surface area contributed by atoms with E-state index in [1.54, 1.807) is 18.2 Å². The fourth-order valence-electron chi connectivity index (χ4n) is 2.01. The van der Waals surface area contributed by atoms with Crippen molar-refractivity contribution < 1.29 is 128 Å². The maximum atomic E-state index is 10.4. The van der Waals surface area contributed by atoms with Gasteiger partial charge in [0.15, 0.2) is 0 Å². The molecule has 0 amide bonds. The van der Waals surface area contributed by atoms with Gasteiger partial charge in [0.05, 0.1) is 14.7 Å². The molecule has 36 heavy (non-hydrogen) atoms. The fourth-order valence-corrected chi connectivity index (χ4v) is 4.82. The van der Waals surface area contributed by atoms with E-state index in [0.29, 0.717) is 15.9 Å². The summed E-state index contributed by atoms with van der Waals surface area (Å²) >= 11 is 0. The van der Waals surface area contributed by atoms with E-state index >= 15 is 0 Å². The zero-order valence-corrected chi connectivity index (χ0v) is 31.5. The van der Waals surface area contributed by atoms with Crippen molar-refractivity contribution in [2.75, 3.05) is 0 Å². The van der Waals surface area contributed by atoms with Crippen LogP contribution in [0.1, 0.15) is 0 Å². The Morgan fingerprint density at radius 1 is 0.444 bits per heavy atom. The van der Waals surface area contributed by atoms with E-state index in [1.807, 2.05) is 0 Å². The molecule has 3 rings (SSSR count). The molecule has 180 valence electrons. The summed E-state index contributed by atoms with van der Waals surface area (Å²) in [6.45, 7) is 0. The zero-order valence-electron chi connectivity index (χ0n) is 19.6. The summed E-state index contributed by atoms with van der Waals surface area (Å²) in [5.41, 5.74) is 0. The normalized spacial score (nSPS) is 10.5. The predicted molar refractivity (Wildman–Crippen MR) is 131 cm³/mol. The minimum atomic E-state index is -4.29. The van der Waals surface area contributed by atoms with Crippen LogP contribution < -0.4 is 105 Å². The van der Waals surface area contributed by atoms with Crippen molar-refractivity contribution in [3.8, 4) is 0 Å². The number of rotatable bonds is 3. The Morgan fingerprint density at radius 3 is 0.750 bits per heavy atom. The van der Waals surface area contributed by atoms with Gasteiger partial charge in [-0.2, -0.15) is 0 Å². The molecule has 0 aliphatic heterocycles. The summed E-state index contributed by atoms with van der Waals surface area (Å²) in [6, 6.07) is 17.4. The molecular weight excluding hydrogens is 618 g/mol. The van der Waals surface area contributed by atoms with Crippen LogP contribution in [0.3, 0.4) is 0 Å². The first-order valence-corrected chi connectivity index (χ1v) is 14.4. The molecule has 0 aliphatic carbocycles. The monoisotopic (exact) mass is 636 g/mol. The molecule has 3 aromatic carbocycles. The maximum Gasteiger partial charge on any atom is 1.00 e. The van der Waals surface area contributed by atoms with E-state index in [1.165, 1.54) is 54.6 Å². The minimum Gasteiger partial charge on any atom is -0.744 e. The van der Waals surface area contributed by atoms with Gasteiger partial charge in [0.25, 0.3) is 0 Å². The van der Waals surface area contributed by atoms with Crippen LogP contribution in [0, 0.1) is 0 Å². The van der Waals surface area contributed by atoms with Gasteiger partial charge < -0.3 is 13.7 Å². The predicted octanol–water partition coefficient (Wildman–Crippen LogP) is -8.71. The standard InChI is InChI=1S/3C6H7O3PS.3Na/c3*7-11(8,9)6-3-1-2-5(10)4-6;;;/h3*1-4H,10H2,(H,7,8,9);;;/q;;;3*+1/p-3. The molecule has 0 spiro atoms. The Morgan fingerprint density at radius 2 is 0.639 bits per heavy atom. The van der Waals surface area contributed by atoms with E-state index in [0.717, 1.165) is 0 Å². The van der Waals surface area contributed by atoms with Crippen LogP contribution >= 0.6 is 27.7 Å². The third-order valence-electron chi connectivity index (χ3n) is 3.44. The quantitative estimate of drug-likeness (QED) is 0.154. The molecule has 3 atom stereocenters. The topological polar surface area (TPSA) is 172 Å². The molecule has 0 N–H and O–H groups in total. The second kappa shape index (κ2) is 18.9. The smallest absolute Gasteiger partial charge is 0.744 e. The van der Waals surface area contributed by atoms with Gasteiger partial charge in [-0.3, -0.25) is 0 Å². The third kappa shape index (κ3) is 17.4.